The predicted molar refractivity (Wildman–Crippen MR) is 104 cm³/mol. The molecule has 0 amide bonds. The van der Waals surface area contributed by atoms with Gasteiger partial charge in [0, 0.05) is 20.6 Å². The molecule has 1 aromatic heterocycles. The summed E-state index contributed by atoms with van der Waals surface area (Å²) in [6.07, 6.45) is 1.78. The van der Waals surface area contributed by atoms with E-state index in [0.29, 0.717) is 25.6 Å². The zero-order valence-electron chi connectivity index (χ0n) is 12.8. The summed E-state index contributed by atoms with van der Waals surface area (Å²) in [5.74, 6) is 0.365. The lowest BCUT2D eigenvalue weighted by atomic mass is 9.95. The van der Waals surface area contributed by atoms with Gasteiger partial charge < -0.3 is 16.8 Å². The average Bonchev–Trinajstić information content (AvgIpc) is 2.58. The van der Waals surface area contributed by atoms with E-state index < -0.39 is 6.04 Å². The van der Waals surface area contributed by atoms with Crippen LogP contribution in [-0.2, 0) is 0 Å². The van der Waals surface area contributed by atoms with Crippen molar-refractivity contribution >= 4 is 62.4 Å². The number of nitrogens with one attached hydrogen (secondary N) is 2. The number of anilines is 3. The first-order chi connectivity index (χ1) is 12.4. The maximum Gasteiger partial charge on any atom is 0.211 e. The Kier molecular flexibility index (Phi) is 4.79. The molecule has 26 heavy (non-hydrogen) atoms. The number of hydrogen-bond acceptors (Lipinski definition) is 8. The molecule has 1 atom stereocenters. The van der Waals surface area contributed by atoms with Gasteiger partial charge in [-0.25, -0.2) is 9.98 Å². The molecule has 1 aromatic carbocycles. The first kappa shape index (κ1) is 18.1. The highest BCUT2D eigenvalue weighted by Gasteiger charge is 2.31. The molecular weight excluding hydrogens is 443 g/mol. The van der Waals surface area contributed by atoms with Crippen LogP contribution < -0.4 is 22.1 Å². The number of hydrogen-bond donors (Lipinski definition) is 4. The molecule has 1 aliphatic heterocycles. The lowest BCUT2D eigenvalue weighted by Crippen LogP contribution is -2.32. The smallest absolute Gasteiger partial charge is 0.211 e. The van der Waals surface area contributed by atoms with Gasteiger partial charge in [-0.2, -0.15) is 10.5 Å². The summed E-state index contributed by atoms with van der Waals surface area (Å²) in [5, 5.41) is 24.3. The van der Waals surface area contributed by atoms with Crippen LogP contribution in [0.3, 0.4) is 0 Å². The highest BCUT2D eigenvalue weighted by Crippen LogP contribution is 2.44. The minimum Gasteiger partial charge on any atom is -0.397 e. The monoisotopic (exact) mass is 450 g/mol. The van der Waals surface area contributed by atoms with E-state index in [2.05, 4.69) is 36.5 Å². The number of pyridine rings is 1. The molecule has 1 aliphatic rings. The van der Waals surface area contributed by atoms with Crippen LogP contribution in [0, 0.1) is 22.8 Å². The van der Waals surface area contributed by atoms with Gasteiger partial charge in [0.1, 0.15) is 29.3 Å². The molecular formula is C15H9BrCl2N8. The van der Waals surface area contributed by atoms with E-state index >= 15 is 0 Å². The standard InChI is InChI=1S/C15H9BrCl2N8/c16-8-2-5(17)1-6(10(8)18)12-9-11(21)7(3-19)13(22)25-14(9)26-15(24-12)23-4-20/h1-2,12H,(H6,21,22,23,24,25,26). The second-order valence-corrected chi connectivity index (χ2v) is 6.86. The van der Waals surface area contributed by atoms with Crippen LogP contribution in [0.2, 0.25) is 10.0 Å². The summed E-state index contributed by atoms with van der Waals surface area (Å²) >= 11 is 15.9. The molecule has 0 bridgehead atoms. The first-order valence-corrected chi connectivity index (χ1v) is 8.55. The zero-order chi connectivity index (χ0) is 19.0. The Bertz CT molecular complexity index is 1040. The molecule has 0 aliphatic carbocycles. The van der Waals surface area contributed by atoms with Gasteiger partial charge in [0.25, 0.3) is 0 Å². The molecule has 11 heteroatoms. The van der Waals surface area contributed by atoms with Crippen molar-refractivity contribution in [3.05, 3.63) is 43.3 Å². The molecule has 0 radical (unpaired) electrons. The third kappa shape index (κ3) is 2.97. The summed E-state index contributed by atoms with van der Waals surface area (Å²) in [7, 11) is 0. The van der Waals surface area contributed by atoms with Crippen molar-refractivity contribution < 1.29 is 0 Å². The highest BCUT2D eigenvalue weighted by atomic mass is 79.9. The average molecular weight is 452 g/mol. The number of halogens is 3. The zero-order valence-corrected chi connectivity index (χ0v) is 15.9. The van der Waals surface area contributed by atoms with E-state index in [-0.39, 0.29) is 28.8 Å². The number of nitrogens with two attached hydrogens (primary N) is 2. The second kappa shape index (κ2) is 6.89. The third-order valence-corrected chi connectivity index (χ3v) is 5.17. The molecule has 0 fully saturated rings. The lowest BCUT2D eigenvalue weighted by Gasteiger charge is -2.27. The Morgan fingerprint density at radius 2 is 2.00 bits per heavy atom. The minimum absolute atomic E-state index is 0.0356. The highest BCUT2D eigenvalue weighted by molar-refractivity contribution is 9.10. The van der Waals surface area contributed by atoms with E-state index in [1.807, 2.05) is 6.07 Å². The van der Waals surface area contributed by atoms with Gasteiger partial charge in [0.05, 0.1) is 10.7 Å². The Balaban J connectivity index is 2.32. The Labute approximate surface area is 166 Å². The fraction of sp³-hybridized carbons (Fsp3) is 0.0667. The number of aliphatic imine (C=N–C) groups is 1. The van der Waals surface area contributed by atoms with Gasteiger partial charge in [-0.05, 0) is 28.1 Å². The van der Waals surface area contributed by atoms with Crippen LogP contribution in [0.4, 0.5) is 17.3 Å². The normalized spacial score (nSPS) is 15.1. The van der Waals surface area contributed by atoms with Gasteiger partial charge in [-0.3, -0.25) is 5.32 Å². The van der Waals surface area contributed by atoms with Crippen molar-refractivity contribution in [2.45, 2.75) is 6.04 Å². The van der Waals surface area contributed by atoms with Crippen molar-refractivity contribution in [2.24, 2.45) is 4.99 Å². The van der Waals surface area contributed by atoms with Gasteiger partial charge in [0.15, 0.2) is 6.19 Å². The Hall–Kier alpha value is -2.72. The number of rotatable bonds is 1. The van der Waals surface area contributed by atoms with Crippen molar-refractivity contribution in [1.82, 2.24) is 10.3 Å². The summed E-state index contributed by atoms with van der Waals surface area (Å²) in [5.41, 5.74) is 13.1. The second-order valence-electron chi connectivity index (χ2n) is 5.19. The molecule has 2 aromatic rings. The van der Waals surface area contributed by atoms with E-state index in [1.165, 1.54) is 0 Å². The number of benzene rings is 1. The summed E-state index contributed by atoms with van der Waals surface area (Å²) in [6, 6.07) is 4.44. The van der Waals surface area contributed by atoms with Gasteiger partial charge in [-0.1, -0.05) is 23.2 Å². The molecule has 130 valence electrons. The summed E-state index contributed by atoms with van der Waals surface area (Å²) < 4.78 is 0.564. The third-order valence-electron chi connectivity index (χ3n) is 3.67. The fourth-order valence-corrected chi connectivity index (χ4v) is 3.63. The van der Waals surface area contributed by atoms with Gasteiger partial charge in [0.2, 0.25) is 5.96 Å². The summed E-state index contributed by atoms with van der Waals surface area (Å²) in [6.45, 7) is 0. The molecule has 3 rings (SSSR count). The van der Waals surface area contributed by atoms with Crippen LogP contribution in [-0.4, -0.2) is 10.9 Å². The van der Waals surface area contributed by atoms with Crippen molar-refractivity contribution in [3.63, 3.8) is 0 Å². The van der Waals surface area contributed by atoms with E-state index in [0.717, 1.165) is 0 Å². The lowest BCUT2D eigenvalue weighted by molar-refractivity contribution is 0.846. The van der Waals surface area contributed by atoms with Crippen LogP contribution in [0.25, 0.3) is 0 Å². The SMILES string of the molecule is N#CNC1=NC(c2cc(Cl)cc(Br)c2Cl)c2c(nc(N)c(C#N)c2N)N1. The largest absolute Gasteiger partial charge is 0.397 e. The molecule has 0 saturated heterocycles. The number of nitriles is 2. The molecule has 8 nitrogen and oxygen atoms in total. The van der Waals surface area contributed by atoms with Crippen LogP contribution in [0.1, 0.15) is 22.7 Å². The fourth-order valence-electron chi connectivity index (χ4n) is 2.58. The predicted octanol–water partition coefficient (Wildman–Crippen LogP) is 3.13. The van der Waals surface area contributed by atoms with E-state index in [1.54, 1.807) is 18.3 Å². The van der Waals surface area contributed by atoms with Crippen molar-refractivity contribution in [2.75, 3.05) is 16.8 Å². The number of nitrogens with zero attached hydrogens (tertiary/aromatic N) is 4. The van der Waals surface area contributed by atoms with Crippen LogP contribution >= 0.6 is 39.1 Å². The van der Waals surface area contributed by atoms with Crippen LogP contribution in [0.15, 0.2) is 21.6 Å². The molecule has 0 saturated carbocycles. The number of aromatic nitrogens is 1. The molecule has 2 heterocycles. The molecule has 6 N–H and O–H groups in total. The number of guanidine groups is 1. The van der Waals surface area contributed by atoms with Crippen molar-refractivity contribution in [3.8, 4) is 12.3 Å². The van der Waals surface area contributed by atoms with Gasteiger partial charge >= 0.3 is 0 Å². The minimum atomic E-state index is -0.759. The van der Waals surface area contributed by atoms with Crippen molar-refractivity contribution in [1.29, 1.82) is 10.5 Å². The quantitative estimate of drug-likeness (QED) is 0.295. The van der Waals surface area contributed by atoms with E-state index in [9.17, 15) is 5.26 Å². The Morgan fingerprint density at radius 1 is 1.27 bits per heavy atom. The topological polar surface area (TPSA) is 149 Å². The number of nitrogen functional groups attached to an aromatic ring is 2. The first-order valence-electron chi connectivity index (χ1n) is 7.00. The number of fused-ring (bicyclic) bond motifs is 1. The summed E-state index contributed by atoms with van der Waals surface area (Å²) in [4.78, 5) is 8.60. The maximum atomic E-state index is 9.32. The molecule has 1 unspecified atom stereocenters. The Morgan fingerprint density at radius 3 is 2.65 bits per heavy atom. The molecule has 0 spiro atoms. The van der Waals surface area contributed by atoms with Gasteiger partial charge in [-0.15, -0.1) is 0 Å². The van der Waals surface area contributed by atoms with Crippen LogP contribution in [0.5, 0.6) is 0 Å². The van der Waals surface area contributed by atoms with E-state index in [4.69, 9.17) is 39.9 Å². The maximum absolute atomic E-state index is 9.32.